The lowest BCUT2D eigenvalue weighted by molar-refractivity contribution is 0.153. The van der Waals surface area contributed by atoms with Gasteiger partial charge in [-0.2, -0.15) is 0 Å². The van der Waals surface area contributed by atoms with Crippen LogP contribution >= 0.6 is 15.9 Å². The molecular formula is C14H20BrFO. The number of hydrogen-bond acceptors (Lipinski definition) is 1. The molecule has 0 saturated heterocycles. The van der Waals surface area contributed by atoms with Crippen LogP contribution in [0.1, 0.15) is 51.7 Å². The first-order valence-electron chi connectivity index (χ1n) is 5.92. The maximum Gasteiger partial charge on any atom is 0.130 e. The van der Waals surface area contributed by atoms with Gasteiger partial charge in [0.2, 0.25) is 0 Å². The molecule has 0 aliphatic carbocycles. The Labute approximate surface area is 111 Å². The summed E-state index contributed by atoms with van der Waals surface area (Å²) in [7, 11) is 0. The van der Waals surface area contributed by atoms with Crippen LogP contribution in [-0.2, 0) is 0 Å². The van der Waals surface area contributed by atoms with Gasteiger partial charge in [0, 0.05) is 10.0 Å². The third-order valence-electron chi connectivity index (χ3n) is 2.73. The number of aliphatic hydroxyl groups excluding tert-OH is 1. The predicted octanol–water partition coefficient (Wildman–Crippen LogP) is 4.84. The lowest BCUT2D eigenvalue weighted by Gasteiger charge is -2.19. The first-order valence-corrected chi connectivity index (χ1v) is 6.72. The van der Waals surface area contributed by atoms with Gasteiger partial charge >= 0.3 is 0 Å². The Hall–Kier alpha value is -0.410. The molecule has 3 heteroatoms. The lowest BCUT2D eigenvalue weighted by Crippen LogP contribution is -2.07. The Morgan fingerprint density at radius 3 is 2.53 bits per heavy atom. The maximum atomic E-state index is 13.6. The topological polar surface area (TPSA) is 20.2 Å². The van der Waals surface area contributed by atoms with Crippen molar-refractivity contribution in [1.29, 1.82) is 0 Å². The predicted molar refractivity (Wildman–Crippen MR) is 72.4 cm³/mol. The van der Waals surface area contributed by atoms with Gasteiger partial charge in [-0.3, -0.25) is 0 Å². The SMILES string of the molecule is CC(C)(C)CCCC(O)c1ccc(Br)cc1F. The van der Waals surface area contributed by atoms with Crippen molar-refractivity contribution in [2.75, 3.05) is 0 Å². The molecule has 0 radical (unpaired) electrons. The second kappa shape index (κ2) is 5.96. The van der Waals surface area contributed by atoms with Crippen molar-refractivity contribution < 1.29 is 9.50 Å². The highest BCUT2D eigenvalue weighted by atomic mass is 79.9. The number of halogens is 2. The largest absolute Gasteiger partial charge is 0.388 e. The van der Waals surface area contributed by atoms with E-state index in [-0.39, 0.29) is 11.2 Å². The van der Waals surface area contributed by atoms with E-state index in [9.17, 15) is 9.50 Å². The molecule has 0 aromatic heterocycles. The van der Waals surface area contributed by atoms with Crippen molar-refractivity contribution in [2.45, 2.75) is 46.1 Å². The molecule has 17 heavy (non-hydrogen) atoms. The number of hydrogen-bond donors (Lipinski definition) is 1. The molecule has 1 nitrogen and oxygen atoms in total. The molecule has 0 bridgehead atoms. The van der Waals surface area contributed by atoms with E-state index in [0.717, 1.165) is 12.8 Å². The van der Waals surface area contributed by atoms with Gasteiger partial charge in [0.1, 0.15) is 5.82 Å². The van der Waals surface area contributed by atoms with Gasteiger partial charge in [0.25, 0.3) is 0 Å². The normalized spacial score (nSPS) is 13.8. The summed E-state index contributed by atoms with van der Waals surface area (Å²) in [5.74, 6) is -0.345. The number of aliphatic hydroxyl groups is 1. The summed E-state index contributed by atoms with van der Waals surface area (Å²) >= 11 is 3.20. The minimum absolute atomic E-state index is 0.262. The van der Waals surface area contributed by atoms with Crippen LogP contribution in [0, 0.1) is 11.2 Å². The summed E-state index contributed by atoms with van der Waals surface area (Å²) in [4.78, 5) is 0. The van der Waals surface area contributed by atoms with Crippen molar-refractivity contribution in [3.8, 4) is 0 Å². The van der Waals surface area contributed by atoms with E-state index in [1.807, 2.05) is 0 Å². The zero-order valence-electron chi connectivity index (χ0n) is 10.6. The fourth-order valence-corrected chi connectivity index (χ4v) is 2.09. The molecule has 0 heterocycles. The maximum absolute atomic E-state index is 13.6. The lowest BCUT2D eigenvalue weighted by atomic mass is 9.88. The van der Waals surface area contributed by atoms with Gasteiger partial charge in [-0.1, -0.05) is 49.2 Å². The smallest absolute Gasteiger partial charge is 0.130 e. The van der Waals surface area contributed by atoms with E-state index in [4.69, 9.17) is 0 Å². The van der Waals surface area contributed by atoms with Gasteiger partial charge in [-0.15, -0.1) is 0 Å². The summed E-state index contributed by atoms with van der Waals surface area (Å²) in [6.45, 7) is 6.50. The van der Waals surface area contributed by atoms with Gasteiger partial charge in [0.05, 0.1) is 6.10 Å². The van der Waals surface area contributed by atoms with Crippen LogP contribution in [0.2, 0.25) is 0 Å². The van der Waals surface area contributed by atoms with Crippen LogP contribution in [0.25, 0.3) is 0 Å². The van der Waals surface area contributed by atoms with E-state index >= 15 is 0 Å². The van der Waals surface area contributed by atoms with Crippen molar-refractivity contribution in [2.24, 2.45) is 5.41 Å². The van der Waals surface area contributed by atoms with Gasteiger partial charge in [-0.05, 0) is 30.4 Å². The number of benzene rings is 1. The Kier molecular flexibility index (Phi) is 5.14. The van der Waals surface area contributed by atoms with E-state index in [1.165, 1.54) is 6.07 Å². The molecule has 1 unspecified atom stereocenters. The highest BCUT2D eigenvalue weighted by Gasteiger charge is 2.15. The van der Waals surface area contributed by atoms with Crippen molar-refractivity contribution >= 4 is 15.9 Å². The summed E-state index contributed by atoms with van der Waals surface area (Å²) in [6, 6.07) is 4.79. The van der Waals surface area contributed by atoms with Crippen LogP contribution in [-0.4, -0.2) is 5.11 Å². The van der Waals surface area contributed by atoms with E-state index in [0.29, 0.717) is 16.5 Å². The van der Waals surface area contributed by atoms with Crippen molar-refractivity contribution in [3.63, 3.8) is 0 Å². The second-order valence-electron chi connectivity index (χ2n) is 5.63. The van der Waals surface area contributed by atoms with Crippen LogP contribution < -0.4 is 0 Å². The fourth-order valence-electron chi connectivity index (χ4n) is 1.75. The zero-order chi connectivity index (χ0) is 13.1. The Bertz CT molecular complexity index is 371. The first-order chi connectivity index (χ1) is 7.79. The molecule has 1 aromatic rings. The Morgan fingerprint density at radius 2 is 2.00 bits per heavy atom. The third-order valence-corrected chi connectivity index (χ3v) is 3.22. The second-order valence-corrected chi connectivity index (χ2v) is 6.55. The first kappa shape index (κ1) is 14.7. The average molecular weight is 303 g/mol. The third kappa shape index (κ3) is 5.17. The molecule has 0 amide bonds. The Balaban J connectivity index is 2.55. The van der Waals surface area contributed by atoms with Crippen LogP contribution in [0.5, 0.6) is 0 Å². The highest BCUT2D eigenvalue weighted by molar-refractivity contribution is 9.10. The monoisotopic (exact) mass is 302 g/mol. The fraction of sp³-hybridized carbons (Fsp3) is 0.571. The van der Waals surface area contributed by atoms with E-state index in [2.05, 4.69) is 36.7 Å². The minimum Gasteiger partial charge on any atom is -0.388 e. The molecule has 0 saturated carbocycles. The molecule has 0 aliphatic heterocycles. The Morgan fingerprint density at radius 1 is 1.35 bits per heavy atom. The van der Waals surface area contributed by atoms with Crippen LogP contribution in [0.4, 0.5) is 4.39 Å². The van der Waals surface area contributed by atoms with Crippen LogP contribution in [0.3, 0.4) is 0 Å². The molecule has 0 fully saturated rings. The van der Waals surface area contributed by atoms with Crippen molar-refractivity contribution in [1.82, 2.24) is 0 Å². The summed E-state index contributed by atoms with van der Waals surface area (Å²) in [5.41, 5.74) is 0.653. The van der Waals surface area contributed by atoms with Crippen molar-refractivity contribution in [3.05, 3.63) is 34.1 Å². The molecular weight excluding hydrogens is 283 g/mol. The highest BCUT2D eigenvalue weighted by Crippen LogP contribution is 2.28. The number of rotatable bonds is 4. The minimum atomic E-state index is -0.703. The van der Waals surface area contributed by atoms with Gasteiger partial charge in [0.15, 0.2) is 0 Å². The van der Waals surface area contributed by atoms with Gasteiger partial charge in [-0.25, -0.2) is 4.39 Å². The summed E-state index contributed by atoms with van der Waals surface area (Å²) in [6.07, 6.45) is 1.84. The standard InChI is InChI=1S/C14H20BrFO/c1-14(2,3)8-4-5-13(17)11-7-6-10(15)9-12(11)16/h6-7,9,13,17H,4-5,8H2,1-3H3. The van der Waals surface area contributed by atoms with Crippen LogP contribution in [0.15, 0.2) is 22.7 Å². The molecule has 1 N–H and O–H groups in total. The summed E-state index contributed by atoms with van der Waals surface area (Å²) < 4.78 is 14.3. The molecule has 1 aromatic carbocycles. The summed E-state index contributed by atoms with van der Waals surface area (Å²) in [5, 5.41) is 9.93. The molecule has 96 valence electrons. The molecule has 0 spiro atoms. The molecule has 1 rings (SSSR count). The molecule has 0 aliphatic rings. The van der Waals surface area contributed by atoms with E-state index in [1.54, 1.807) is 12.1 Å². The molecule has 1 atom stereocenters. The van der Waals surface area contributed by atoms with E-state index < -0.39 is 6.10 Å². The average Bonchev–Trinajstić information content (AvgIpc) is 2.15. The quantitative estimate of drug-likeness (QED) is 0.844. The van der Waals surface area contributed by atoms with Gasteiger partial charge < -0.3 is 5.11 Å². The zero-order valence-corrected chi connectivity index (χ0v) is 12.2.